The minimum absolute atomic E-state index is 0.0953. The van der Waals surface area contributed by atoms with Crippen LogP contribution in [0.1, 0.15) is 19.4 Å². The Balaban J connectivity index is 2.80. The maximum absolute atomic E-state index is 12.8. The van der Waals surface area contributed by atoms with Gasteiger partial charge in [0.25, 0.3) is 5.91 Å². The predicted molar refractivity (Wildman–Crippen MR) is 76.9 cm³/mol. The third kappa shape index (κ3) is 4.35. The Morgan fingerprint density at radius 1 is 1.45 bits per heavy atom. The second-order valence-corrected chi connectivity index (χ2v) is 4.17. The lowest BCUT2D eigenvalue weighted by molar-refractivity contribution is -0.117. The fourth-order valence-electron chi connectivity index (χ4n) is 1.43. The highest BCUT2D eigenvalue weighted by molar-refractivity contribution is 5.95. The Morgan fingerprint density at radius 2 is 2.05 bits per heavy atom. The fraction of sp³-hybridized carbons (Fsp3) is 0.200. The van der Waals surface area contributed by atoms with Gasteiger partial charge in [0, 0.05) is 12.8 Å². The Kier molecular flexibility index (Phi) is 5.65. The number of carbonyl (C=O) groups excluding carboxylic acids is 1. The van der Waals surface area contributed by atoms with E-state index >= 15 is 0 Å². The van der Waals surface area contributed by atoms with Crippen molar-refractivity contribution < 1.29 is 14.3 Å². The number of aliphatic hydroxyl groups is 1. The molecule has 5 heteroatoms. The quantitative estimate of drug-likeness (QED) is 0.376. The third-order valence-electron chi connectivity index (χ3n) is 2.47. The van der Waals surface area contributed by atoms with Crippen LogP contribution in [0, 0.1) is 5.82 Å². The molecule has 0 unspecified atom stereocenters. The van der Waals surface area contributed by atoms with Crippen LogP contribution in [0.2, 0.25) is 0 Å². The number of hydrogen-bond acceptors (Lipinski definition) is 3. The normalized spacial score (nSPS) is 12.2. The number of amides is 1. The van der Waals surface area contributed by atoms with Gasteiger partial charge in [-0.1, -0.05) is 18.7 Å². The minimum Gasteiger partial charge on any atom is -0.505 e. The van der Waals surface area contributed by atoms with E-state index < -0.39 is 5.91 Å². The van der Waals surface area contributed by atoms with E-state index in [1.54, 1.807) is 26.0 Å². The number of nitrogens with zero attached hydrogens (tertiary/aromatic N) is 1. The van der Waals surface area contributed by atoms with Crippen molar-refractivity contribution in [2.75, 3.05) is 0 Å². The predicted octanol–water partition coefficient (Wildman–Crippen LogP) is 2.88. The molecular weight excluding hydrogens is 259 g/mol. The highest BCUT2D eigenvalue weighted by Gasteiger charge is 2.14. The monoisotopic (exact) mass is 276 g/mol. The molecule has 0 aliphatic rings. The lowest BCUT2D eigenvalue weighted by Crippen LogP contribution is -2.25. The summed E-state index contributed by atoms with van der Waals surface area (Å²) in [5.41, 5.74) is 0.999. The van der Waals surface area contributed by atoms with Gasteiger partial charge in [0.05, 0.1) is 0 Å². The SMILES string of the molecule is C=C(C)/C(O)=C(\N=CC)C(=O)NCc1ccc(F)cc1. The van der Waals surface area contributed by atoms with E-state index in [0.29, 0.717) is 5.57 Å². The molecule has 0 saturated heterocycles. The molecule has 1 amide bonds. The number of nitrogens with one attached hydrogen (secondary N) is 1. The van der Waals surface area contributed by atoms with Crippen molar-refractivity contribution in [2.45, 2.75) is 20.4 Å². The molecule has 0 radical (unpaired) electrons. The van der Waals surface area contributed by atoms with Crippen LogP contribution in [0.15, 0.2) is 52.9 Å². The Morgan fingerprint density at radius 3 is 2.55 bits per heavy atom. The van der Waals surface area contributed by atoms with Gasteiger partial charge in [-0.25, -0.2) is 4.39 Å². The van der Waals surface area contributed by atoms with E-state index in [9.17, 15) is 14.3 Å². The fourth-order valence-corrected chi connectivity index (χ4v) is 1.43. The zero-order chi connectivity index (χ0) is 15.1. The molecule has 0 fully saturated rings. The van der Waals surface area contributed by atoms with Crippen LogP contribution in [0.3, 0.4) is 0 Å². The average molecular weight is 276 g/mol. The topological polar surface area (TPSA) is 61.7 Å². The van der Waals surface area contributed by atoms with E-state index in [1.807, 2.05) is 0 Å². The van der Waals surface area contributed by atoms with Crippen molar-refractivity contribution in [1.82, 2.24) is 5.32 Å². The van der Waals surface area contributed by atoms with Gasteiger partial charge in [-0.15, -0.1) is 0 Å². The highest BCUT2D eigenvalue weighted by atomic mass is 19.1. The van der Waals surface area contributed by atoms with Gasteiger partial charge in [0.15, 0.2) is 5.70 Å². The third-order valence-corrected chi connectivity index (χ3v) is 2.47. The first-order valence-electron chi connectivity index (χ1n) is 6.06. The number of carbonyl (C=O) groups is 1. The maximum Gasteiger partial charge on any atom is 0.273 e. The van der Waals surface area contributed by atoms with E-state index in [4.69, 9.17) is 0 Å². The van der Waals surface area contributed by atoms with Gasteiger partial charge in [-0.05, 0) is 37.1 Å². The number of benzene rings is 1. The Labute approximate surface area is 117 Å². The molecule has 0 bridgehead atoms. The molecule has 1 rings (SSSR count). The first kappa shape index (κ1) is 15.6. The molecule has 0 heterocycles. The summed E-state index contributed by atoms with van der Waals surface area (Å²) in [4.78, 5) is 15.8. The lowest BCUT2D eigenvalue weighted by Gasteiger charge is -2.08. The molecular formula is C15H17FN2O2. The molecule has 20 heavy (non-hydrogen) atoms. The molecule has 0 aromatic heterocycles. The van der Waals surface area contributed by atoms with Crippen molar-refractivity contribution in [1.29, 1.82) is 0 Å². The van der Waals surface area contributed by atoms with Crippen molar-refractivity contribution in [3.8, 4) is 0 Å². The minimum atomic E-state index is -0.520. The molecule has 2 N–H and O–H groups in total. The summed E-state index contributed by atoms with van der Waals surface area (Å²) in [7, 11) is 0. The lowest BCUT2D eigenvalue weighted by atomic mass is 10.2. The molecule has 0 atom stereocenters. The first-order valence-corrected chi connectivity index (χ1v) is 6.06. The van der Waals surface area contributed by atoms with E-state index in [-0.39, 0.29) is 23.8 Å². The maximum atomic E-state index is 12.8. The van der Waals surface area contributed by atoms with Crippen LogP contribution in [-0.2, 0) is 11.3 Å². The Hall–Kier alpha value is -2.43. The molecule has 0 aliphatic carbocycles. The number of hydrogen-bond donors (Lipinski definition) is 2. The van der Waals surface area contributed by atoms with Crippen molar-refractivity contribution >= 4 is 12.1 Å². The average Bonchev–Trinajstić information content (AvgIpc) is 2.43. The highest BCUT2D eigenvalue weighted by Crippen LogP contribution is 2.11. The molecule has 1 aromatic rings. The number of allylic oxidation sites excluding steroid dienone is 1. The second kappa shape index (κ2) is 7.23. The van der Waals surface area contributed by atoms with Gasteiger partial charge in [0.2, 0.25) is 0 Å². The summed E-state index contributed by atoms with van der Waals surface area (Å²) in [5, 5.41) is 12.4. The van der Waals surface area contributed by atoms with Crippen molar-refractivity contribution in [3.63, 3.8) is 0 Å². The van der Waals surface area contributed by atoms with Gasteiger partial charge in [0.1, 0.15) is 11.6 Å². The van der Waals surface area contributed by atoms with Crippen LogP contribution in [0.4, 0.5) is 4.39 Å². The molecule has 1 aromatic carbocycles. The van der Waals surface area contributed by atoms with Crippen LogP contribution < -0.4 is 5.32 Å². The van der Waals surface area contributed by atoms with Gasteiger partial charge < -0.3 is 10.4 Å². The van der Waals surface area contributed by atoms with Gasteiger partial charge in [-0.3, -0.25) is 9.79 Å². The first-order chi connectivity index (χ1) is 9.45. The zero-order valence-corrected chi connectivity index (χ0v) is 11.5. The van der Waals surface area contributed by atoms with E-state index in [2.05, 4.69) is 16.9 Å². The summed E-state index contributed by atoms with van der Waals surface area (Å²) in [6, 6.07) is 5.77. The molecule has 0 saturated carbocycles. The van der Waals surface area contributed by atoms with Crippen molar-refractivity contribution in [3.05, 3.63) is 59.3 Å². The van der Waals surface area contributed by atoms with Crippen LogP contribution in [-0.4, -0.2) is 17.2 Å². The number of rotatable bonds is 5. The Bertz CT molecular complexity index is 560. The molecule has 4 nitrogen and oxygen atoms in total. The van der Waals surface area contributed by atoms with E-state index in [0.717, 1.165) is 5.56 Å². The number of halogens is 1. The van der Waals surface area contributed by atoms with E-state index in [1.165, 1.54) is 18.3 Å². The summed E-state index contributed by atoms with van der Waals surface area (Å²) in [6.07, 6.45) is 1.41. The summed E-state index contributed by atoms with van der Waals surface area (Å²) >= 11 is 0. The molecule has 0 spiro atoms. The largest absolute Gasteiger partial charge is 0.505 e. The van der Waals surface area contributed by atoms with Crippen molar-refractivity contribution in [2.24, 2.45) is 4.99 Å². The standard InChI is InChI=1S/C15H17FN2O2/c1-4-17-13(14(19)10(2)3)15(20)18-9-11-5-7-12(16)8-6-11/h4-8,19H,2,9H2,1,3H3,(H,18,20)/b14-13+,17-4?. The summed E-state index contributed by atoms with van der Waals surface area (Å²) < 4.78 is 12.8. The van der Waals surface area contributed by atoms with Crippen LogP contribution >= 0.6 is 0 Å². The van der Waals surface area contributed by atoms with Gasteiger partial charge >= 0.3 is 0 Å². The number of aliphatic imine (C=N–C) groups is 1. The second-order valence-electron chi connectivity index (χ2n) is 4.17. The molecule has 106 valence electrons. The summed E-state index contributed by atoms with van der Waals surface area (Å²) in [5.74, 6) is -1.11. The summed E-state index contributed by atoms with van der Waals surface area (Å²) in [6.45, 7) is 6.99. The smallest absolute Gasteiger partial charge is 0.273 e. The van der Waals surface area contributed by atoms with Crippen LogP contribution in [0.5, 0.6) is 0 Å². The van der Waals surface area contributed by atoms with Crippen LogP contribution in [0.25, 0.3) is 0 Å². The molecule has 0 aliphatic heterocycles. The van der Waals surface area contributed by atoms with Gasteiger partial charge in [-0.2, -0.15) is 0 Å². The number of aliphatic hydroxyl groups excluding tert-OH is 1. The zero-order valence-electron chi connectivity index (χ0n) is 11.5.